The van der Waals surface area contributed by atoms with Crippen molar-refractivity contribution in [3.8, 4) is 0 Å². The summed E-state index contributed by atoms with van der Waals surface area (Å²) >= 11 is 1.91. The highest BCUT2D eigenvalue weighted by molar-refractivity contribution is 8.00. The summed E-state index contributed by atoms with van der Waals surface area (Å²) in [6.07, 6.45) is 6.74. The molecule has 114 valence electrons. The van der Waals surface area contributed by atoms with Crippen molar-refractivity contribution < 1.29 is 4.92 Å². The second-order valence-electron chi connectivity index (χ2n) is 5.45. The normalized spacial score (nSPS) is 21.5. The molecule has 0 bridgehead atoms. The minimum Gasteiger partial charge on any atom is -0.258 e. The Morgan fingerprint density at radius 3 is 2.55 bits per heavy atom. The number of benzene rings is 1. The molecule has 1 aromatic heterocycles. The zero-order valence-electron chi connectivity index (χ0n) is 12.1. The number of nitrogens with zero attached hydrogens (tertiary/aromatic N) is 3. The maximum Gasteiger partial charge on any atom is 0.309 e. The average Bonchev–Trinajstić information content (AvgIpc) is 2.56. The van der Waals surface area contributed by atoms with Crippen molar-refractivity contribution in [2.45, 2.75) is 41.7 Å². The number of nitro groups is 1. The Balaban J connectivity index is 1.64. The average molecular weight is 315 g/mol. The van der Waals surface area contributed by atoms with Crippen LogP contribution in [0.25, 0.3) is 0 Å². The molecule has 0 radical (unpaired) electrons. The Morgan fingerprint density at radius 2 is 1.86 bits per heavy atom. The predicted molar refractivity (Wildman–Crippen MR) is 86.0 cm³/mol. The largest absolute Gasteiger partial charge is 0.309 e. The summed E-state index contributed by atoms with van der Waals surface area (Å²) in [5, 5.41) is 11.7. The Kier molecular flexibility index (Phi) is 4.68. The summed E-state index contributed by atoms with van der Waals surface area (Å²) in [4.78, 5) is 20.0. The van der Waals surface area contributed by atoms with Gasteiger partial charge in [-0.1, -0.05) is 18.2 Å². The van der Waals surface area contributed by atoms with Crippen LogP contribution in [0.5, 0.6) is 0 Å². The van der Waals surface area contributed by atoms with Crippen LogP contribution in [0.4, 0.5) is 5.69 Å². The lowest BCUT2D eigenvalue weighted by atomic mass is 9.86. The monoisotopic (exact) mass is 315 g/mol. The zero-order valence-corrected chi connectivity index (χ0v) is 12.9. The van der Waals surface area contributed by atoms with Crippen molar-refractivity contribution in [2.75, 3.05) is 0 Å². The van der Waals surface area contributed by atoms with Crippen molar-refractivity contribution in [1.29, 1.82) is 0 Å². The molecule has 1 aliphatic rings. The zero-order chi connectivity index (χ0) is 15.4. The lowest BCUT2D eigenvalue weighted by Crippen LogP contribution is -2.17. The minimum absolute atomic E-state index is 0.0571. The Hall–Kier alpha value is -1.95. The summed E-state index contributed by atoms with van der Waals surface area (Å²) in [5.41, 5.74) is 0.657. The Bertz CT molecular complexity index is 643. The molecule has 0 saturated heterocycles. The van der Waals surface area contributed by atoms with Gasteiger partial charge in [-0.05, 0) is 37.8 Å². The molecule has 5 nitrogen and oxygen atoms in total. The topological polar surface area (TPSA) is 68.9 Å². The van der Waals surface area contributed by atoms with Crippen LogP contribution in [0.15, 0.2) is 47.8 Å². The molecule has 1 saturated carbocycles. The molecule has 22 heavy (non-hydrogen) atoms. The Labute approximate surface area is 133 Å². The molecule has 1 aromatic carbocycles. The molecular weight excluding hydrogens is 298 g/mol. The molecule has 0 aliphatic heterocycles. The minimum atomic E-state index is -0.375. The molecule has 1 fully saturated rings. The summed E-state index contributed by atoms with van der Waals surface area (Å²) in [7, 11) is 0. The van der Waals surface area contributed by atoms with Gasteiger partial charge in [-0.15, -0.1) is 11.8 Å². The van der Waals surface area contributed by atoms with Crippen LogP contribution >= 0.6 is 11.8 Å². The quantitative estimate of drug-likeness (QED) is 0.624. The maximum absolute atomic E-state index is 11.1. The van der Waals surface area contributed by atoms with E-state index in [0.717, 1.165) is 25.7 Å². The molecule has 2 aromatic rings. The smallest absolute Gasteiger partial charge is 0.258 e. The van der Waals surface area contributed by atoms with E-state index in [2.05, 4.69) is 34.2 Å². The molecule has 1 aliphatic carbocycles. The first-order valence-electron chi connectivity index (χ1n) is 7.40. The van der Waals surface area contributed by atoms with Gasteiger partial charge in [0.15, 0.2) is 0 Å². The van der Waals surface area contributed by atoms with Gasteiger partial charge in [-0.2, -0.15) is 0 Å². The highest BCUT2D eigenvalue weighted by Crippen LogP contribution is 2.41. The van der Waals surface area contributed by atoms with Gasteiger partial charge in [-0.3, -0.25) is 10.1 Å². The van der Waals surface area contributed by atoms with Gasteiger partial charge in [0.1, 0.15) is 18.2 Å². The van der Waals surface area contributed by atoms with Gasteiger partial charge >= 0.3 is 5.69 Å². The van der Waals surface area contributed by atoms with Gasteiger partial charge in [-0.25, -0.2) is 9.97 Å². The SMILES string of the molecule is O=[N+]([O-])c1cncnc1C1CCC(Sc2ccccc2)CC1. The first kappa shape index (κ1) is 15.0. The van der Waals surface area contributed by atoms with Crippen LogP contribution in [0.3, 0.4) is 0 Å². The van der Waals surface area contributed by atoms with Crippen molar-refractivity contribution in [2.24, 2.45) is 0 Å². The number of aromatic nitrogens is 2. The summed E-state index contributed by atoms with van der Waals surface area (Å²) < 4.78 is 0. The molecule has 0 atom stereocenters. The van der Waals surface area contributed by atoms with E-state index in [1.165, 1.54) is 17.4 Å². The van der Waals surface area contributed by atoms with E-state index >= 15 is 0 Å². The first-order valence-corrected chi connectivity index (χ1v) is 8.28. The number of hydrogen-bond acceptors (Lipinski definition) is 5. The third-order valence-corrected chi connectivity index (χ3v) is 5.38. The van der Waals surface area contributed by atoms with Crippen LogP contribution in [0.1, 0.15) is 37.3 Å². The summed E-state index contributed by atoms with van der Waals surface area (Å²) in [6.45, 7) is 0. The lowest BCUT2D eigenvalue weighted by Gasteiger charge is -2.27. The van der Waals surface area contributed by atoms with Crippen molar-refractivity contribution in [3.63, 3.8) is 0 Å². The molecule has 3 rings (SSSR count). The van der Waals surface area contributed by atoms with Crippen LogP contribution in [0, 0.1) is 10.1 Å². The molecule has 1 heterocycles. The van der Waals surface area contributed by atoms with E-state index in [1.807, 2.05) is 17.8 Å². The van der Waals surface area contributed by atoms with E-state index in [-0.39, 0.29) is 16.5 Å². The van der Waals surface area contributed by atoms with Crippen molar-refractivity contribution >= 4 is 17.4 Å². The molecule has 0 unspecified atom stereocenters. The Morgan fingerprint density at radius 1 is 1.14 bits per heavy atom. The van der Waals surface area contributed by atoms with Gasteiger partial charge in [0.25, 0.3) is 0 Å². The summed E-state index contributed by atoms with van der Waals surface area (Å²) in [5.74, 6) is 0.177. The molecular formula is C16H17N3O2S. The second kappa shape index (κ2) is 6.87. The molecule has 6 heteroatoms. The van der Waals surface area contributed by atoms with Gasteiger partial charge in [0.05, 0.1) is 4.92 Å². The maximum atomic E-state index is 11.1. The number of hydrogen-bond donors (Lipinski definition) is 0. The second-order valence-corrected chi connectivity index (χ2v) is 6.83. The number of thioether (sulfide) groups is 1. The fraction of sp³-hybridized carbons (Fsp3) is 0.375. The molecule has 0 N–H and O–H groups in total. The van der Waals surface area contributed by atoms with Crippen LogP contribution in [-0.4, -0.2) is 20.1 Å². The van der Waals surface area contributed by atoms with Crippen molar-refractivity contribution in [1.82, 2.24) is 9.97 Å². The van der Waals surface area contributed by atoms with Gasteiger partial charge in [0.2, 0.25) is 0 Å². The van der Waals surface area contributed by atoms with Crippen LogP contribution < -0.4 is 0 Å². The van der Waals surface area contributed by atoms with E-state index in [4.69, 9.17) is 0 Å². The van der Waals surface area contributed by atoms with Gasteiger partial charge < -0.3 is 0 Å². The van der Waals surface area contributed by atoms with E-state index in [0.29, 0.717) is 10.9 Å². The van der Waals surface area contributed by atoms with E-state index in [9.17, 15) is 10.1 Å². The third kappa shape index (κ3) is 3.44. The van der Waals surface area contributed by atoms with Crippen molar-refractivity contribution in [3.05, 3.63) is 58.7 Å². The fourth-order valence-electron chi connectivity index (χ4n) is 2.93. The first-order chi connectivity index (χ1) is 10.7. The summed E-state index contributed by atoms with van der Waals surface area (Å²) in [6, 6.07) is 10.4. The van der Waals surface area contributed by atoms with Crippen LogP contribution in [-0.2, 0) is 0 Å². The van der Waals surface area contributed by atoms with Crippen LogP contribution in [0.2, 0.25) is 0 Å². The molecule has 0 spiro atoms. The number of rotatable bonds is 4. The molecule has 0 amide bonds. The predicted octanol–water partition coefficient (Wildman–Crippen LogP) is 4.20. The third-order valence-electron chi connectivity index (χ3n) is 4.03. The lowest BCUT2D eigenvalue weighted by molar-refractivity contribution is -0.386. The van der Waals surface area contributed by atoms with E-state index < -0.39 is 0 Å². The van der Waals surface area contributed by atoms with Gasteiger partial charge in [0, 0.05) is 16.1 Å². The fourth-order valence-corrected chi connectivity index (χ4v) is 4.14. The highest BCUT2D eigenvalue weighted by atomic mass is 32.2. The highest BCUT2D eigenvalue weighted by Gasteiger charge is 2.29. The van der Waals surface area contributed by atoms with E-state index in [1.54, 1.807) is 0 Å². The standard InChI is InChI=1S/C16H17N3O2S/c20-19(21)15-10-17-11-18-16(15)12-6-8-14(9-7-12)22-13-4-2-1-3-5-13/h1-5,10-12,14H,6-9H2.